The number of ether oxygens (including phenoxy) is 1. The summed E-state index contributed by atoms with van der Waals surface area (Å²) in [4.78, 5) is 30.1. The van der Waals surface area contributed by atoms with E-state index in [0.29, 0.717) is 17.6 Å². The van der Waals surface area contributed by atoms with Crippen LogP contribution < -0.4 is 4.80 Å². The zero-order valence-corrected chi connectivity index (χ0v) is 19.9. The maximum absolute atomic E-state index is 13.2. The van der Waals surface area contributed by atoms with Gasteiger partial charge in [-0.05, 0) is 43.3 Å². The molecule has 0 N–H and O–H groups in total. The third-order valence-corrected chi connectivity index (χ3v) is 9.52. The first-order chi connectivity index (χ1) is 15.4. The predicted octanol–water partition coefficient (Wildman–Crippen LogP) is 3.00. The van der Waals surface area contributed by atoms with Crippen LogP contribution in [0.25, 0.3) is 10.2 Å². The minimum Gasteiger partial charge on any atom is -0.465 e. The minimum absolute atomic E-state index is 0.0775. The Labute approximate surface area is 193 Å². The lowest BCUT2D eigenvalue weighted by molar-refractivity contribution is -0.143. The molecule has 0 saturated carbocycles. The molecule has 0 spiro atoms. The summed E-state index contributed by atoms with van der Waals surface area (Å²) in [6, 6.07) is 9.82. The average Bonchev–Trinajstić information content (AvgIpc) is 3.44. The van der Waals surface area contributed by atoms with Gasteiger partial charge in [0.2, 0.25) is 0 Å². The molecule has 1 fully saturated rings. The van der Waals surface area contributed by atoms with E-state index in [1.807, 2.05) is 24.3 Å². The molecule has 0 bridgehead atoms. The van der Waals surface area contributed by atoms with Gasteiger partial charge in [0.25, 0.3) is 15.9 Å². The summed E-state index contributed by atoms with van der Waals surface area (Å²) in [5.41, 5.74) is 0.767. The van der Waals surface area contributed by atoms with Gasteiger partial charge in [-0.2, -0.15) is 9.30 Å². The number of carbonyl (C=O) groups is 2. The number of thiophene rings is 1. The summed E-state index contributed by atoms with van der Waals surface area (Å²) >= 11 is 2.42. The maximum atomic E-state index is 13.2. The summed E-state index contributed by atoms with van der Waals surface area (Å²) in [6.45, 7) is 2.19. The Kier molecular flexibility index (Phi) is 6.89. The highest BCUT2D eigenvalue weighted by atomic mass is 32.2. The van der Waals surface area contributed by atoms with Crippen LogP contribution in [0.4, 0.5) is 0 Å². The van der Waals surface area contributed by atoms with Crippen LogP contribution in [0, 0.1) is 0 Å². The fraction of sp³-hybridized carbons (Fsp3) is 0.381. The van der Waals surface area contributed by atoms with Crippen LogP contribution in [0.15, 0.2) is 51.0 Å². The number of carbonyl (C=O) groups excluding carboxylic acids is 2. The number of para-hydroxylation sites is 1. The van der Waals surface area contributed by atoms with Crippen molar-refractivity contribution in [3.63, 3.8) is 0 Å². The number of nitrogens with zero attached hydrogens (tertiary/aromatic N) is 3. The Morgan fingerprint density at radius 3 is 2.75 bits per heavy atom. The molecule has 2 aromatic heterocycles. The van der Waals surface area contributed by atoms with Gasteiger partial charge in [0.1, 0.15) is 16.8 Å². The van der Waals surface area contributed by atoms with Gasteiger partial charge in [0.05, 0.1) is 16.8 Å². The van der Waals surface area contributed by atoms with Gasteiger partial charge in [-0.15, -0.1) is 11.3 Å². The number of thiazole rings is 1. The zero-order valence-electron chi connectivity index (χ0n) is 17.5. The molecule has 1 saturated heterocycles. The Morgan fingerprint density at radius 2 is 2.00 bits per heavy atom. The summed E-state index contributed by atoms with van der Waals surface area (Å²) in [5, 5.41) is 1.70. The molecule has 170 valence electrons. The van der Waals surface area contributed by atoms with Crippen molar-refractivity contribution in [3.05, 3.63) is 46.6 Å². The van der Waals surface area contributed by atoms with Crippen molar-refractivity contribution in [1.29, 1.82) is 0 Å². The number of esters is 1. The summed E-state index contributed by atoms with van der Waals surface area (Å²) in [5.74, 6) is -0.946. The monoisotopic (exact) mass is 493 g/mol. The smallest absolute Gasteiger partial charge is 0.326 e. The van der Waals surface area contributed by atoms with E-state index in [0.717, 1.165) is 28.0 Å². The average molecular weight is 494 g/mol. The van der Waals surface area contributed by atoms with Gasteiger partial charge in [0.15, 0.2) is 4.80 Å². The van der Waals surface area contributed by atoms with Crippen molar-refractivity contribution in [2.75, 3.05) is 13.2 Å². The van der Waals surface area contributed by atoms with Crippen molar-refractivity contribution in [2.24, 2.45) is 4.99 Å². The molecule has 11 heteroatoms. The van der Waals surface area contributed by atoms with E-state index in [1.54, 1.807) is 29.0 Å². The molecule has 0 radical (unpaired) electrons. The number of fused-ring (bicyclic) bond motifs is 1. The van der Waals surface area contributed by atoms with Crippen LogP contribution in [0.1, 0.15) is 26.2 Å². The molecular formula is C21H23N3O5S3. The van der Waals surface area contributed by atoms with E-state index in [9.17, 15) is 18.0 Å². The predicted molar refractivity (Wildman–Crippen MR) is 123 cm³/mol. The highest BCUT2D eigenvalue weighted by Gasteiger charge is 2.38. The van der Waals surface area contributed by atoms with Crippen molar-refractivity contribution in [2.45, 2.75) is 43.0 Å². The lowest BCUT2D eigenvalue weighted by Crippen LogP contribution is -2.47. The Bertz CT molecular complexity index is 1290. The molecule has 4 rings (SSSR count). The van der Waals surface area contributed by atoms with E-state index >= 15 is 0 Å². The quantitative estimate of drug-likeness (QED) is 0.492. The van der Waals surface area contributed by atoms with Crippen LogP contribution >= 0.6 is 22.7 Å². The standard InChI is InChI=1S/C21H23N3O5S3/c1-2-29-18(25)14-23-15-8-3-4-10-17(15)31-21(23)22-20(26)16-9-5-6-12-24(16)32(27,28)19-11-7-13-30-19/h3-4,7-8,10-11,13,16H,2,5-6,9,12,14H2,1H3. The number of piperidine rings is 1. The molecule has 3 heterocycles. The van der Waals surface area contributed by atoms with Crippen LogP contribution in [-0.2, 0) is 30.9 Å². The summed E-state index contributed by atoms with van der Waals surface area (Å²) in [7, 11) is -3.77. The Hall–Kier alpha value is -2.34. The molecule has 0 aliphatic carbocycles. The third-order valence-electron chi connectivity index (χ3n) is 5.18. The van der Waals surface area contributed by atoms with E-state index in [4.69, 9.17) is 4.74 Å². The van der Waals surface area contributed by atoms with Gasteiger partial charge >= 0.3 is 5.97 Å². The van der Waals surface area contributed by atoms with Crippen LogP contribution in [0.5, 0.6) is 0 Å². The zero-order chi connectivity index (χ0) is 22.7. The summed E-state index contributed by atoms with van der Waals surface area (Å²) in [6.07, 6.45) is 1.85. The number of hydrogen-bond acceptors (Lipinski definition) is 7. The van der Waals surface area contributed by atoms with Gasteiger partial charge in [-0.25, -0.2) is 8.42 Å². The van der Waals surface area contributed by atoms with E-state index in [2.05, 4.69) is 4.99 Å². The van der Waals surface area contributed by atoms with Gasteiger partial charge in [0, 0.05) is 6.54 Å². The lowest BCUT2D eigenvalue weighted by atomic mass is 10.0. The molecule has 1 aliphatic heterocycles. The number of amides is 1. The number of rotatable bonds is 6. The third kappa shape index (κ3) is 4.56. The number of aromatic nitrogens is 1. The highest BCUT2D eigenvalue weighted by Crippen LogP contribution is 2.28. The molecule has 3 aromatic rings. The largest absolute Gasteiger partial charge is 0.465 e. The number of benzene rings is 1. The first-order valence-electron chi connectivity index (χ1n) is 10.3. The van der Waals surface area contributed by atoms with Crippen LogP contribution in [0.2, 0.25) is 0 Å². The SMILES string of the molecule is CCOC(=O)Cn1c(=NC(=O)C2CCCCN2S(=O)(=O)c2cccs2)sc2ccccc21. The number of hydrogen-bond donors (Lipinski definition) is 0. The molecule has 8 nitrogen and oxygen atoms in total. The normalized spacial score (nSPS) is 18.2. The number of sulfonamides is 1. The van der Waals surface area contributed by atoms with Crippen LogP contribution in [-0.4, -0.2) is 48.4 Å². The van der Waals surface area contributed by atoms with E-state index in [-0.39, 0.29) is 23.9 Å². The van der Waals surface area contributed by atoms with Crippen LogP contribution in [0.3, 0.4) is 0 Å². The Balaban J connectivity index is 1.73. The molecule has 32 heavy (non-hydrogen) atoms. The molecule has 1 aromatic carbocycles. The second kappa shape index (κ2) is 9.65. The minimum atomic E-state index is -3.77. The second-order valence-corrected chi connectivity index (χ2v) is 11.3. The molecule has 1 amide bonds. The molecule has 1 unspecified atom stereocenters. The lowest BCUT2D eigenvalue weighted by Gasteiger charge is -2.31. The highest BCUT2D eigenvalue weighted by molar-refractivity contribution is 7.91. The maximum Gasteiger partial charge on any atom is 0.326 e. The second-order valence-electron chi connectivity index (χ2n) is 7.25. The fourth-order valence-corrected chi connectivity index (χ4v) is 7.53. The first kappa shape index (κ1) is 22.8. The topological polar surface area (TPSA) is 98.0 Å². The van der Waals surface area contributed by atoms with Crippen molar-refractivity contribution >= 4 is 54.8 Å². The fourth-order valence-electron chi connectivity index (χ4n) is 3.73. The van der Waals surface area contributed by atoms with E-state index in [1.165, 1.54) is 15.6 Å². The molecule has 1 atom stereocenters. The Morgan fingerprint density at radius 1 is 1.19 bits per heavy atom. The van der Waals surface area contributed by atoms with Crippen molar-refractivity contribution < 1.29 is 22.7 Å². The van der Waals surface area contributed by atoms with Gasteiger partial charge in [-0.1, -0.05) is 36.0 Å². The summed E-state index contributed by atoms with van der Waals surface area (Å²) < 4.78 is 35.3. The van der Waals surface area contributed by atoms with Crippen molar-refractivity contribution in [1.82, 2.24) is 8.87 Å². The molecular weight excluding hydrogens is 470 g/mol. The van der Waals surface area contributed by atoms with Crippen molar-refractivity contribution in [3.8, 4) is 0 Å². The van der Waals surface area contributed by atoms with E-state index < -0.39 is 27.9 Å². The van der Waals surface area contributed by atoms with Gasteiger partial charge < -0.3 is 9.30 Å². The first-order valence-corrected chi connectivity index (χ1v) is 13.4. The van der Waals surface area contributed by atoms with Gasteiger partial charge in [-0.3, -0.25) is 9.59 Å². The molecule has 1 aliphatic rings.